The minimum Gasteiger partial charge on any atom is -0.455 e. The second-order valence-electron chi connectivity index (χ2n) is 9.24. The number of aromatic nitrogens is 5. The Kier molecular flexibility index (Phi) is 7.08. The molecule has 13 heteroatoms. The molecule has 1 aromatic carbocycles. The number of hydrogen-bond acceptors (Lipinski definition) is 10. The second-order valence-corrected chi connectivity index (χ2v) is 9.63. The van der Waals surface area contributed by atoms with E-state index in [4.69, 9.17) is 21.1 Å². The van der Waals surface area contributed by atoms with E-state index in [0.29, 0.717) is 39.1 Å². The van der Waals surface area contributed by atoms with Crippen molar-refractivity contribution in [2.24, 2.45) is 0 Å². The number of nitrogens with zero attached hydrogens (tertiary/aromatic N) is 4. The molecule has 0 aliphatic rings. The highest BCUT2D eigenvalue weighted by molar-refractivity contribution is 6.29. The van der Waals surface area contributed by atoms with Crippen molar-refractivity contribution < 1.29 is 19.2 Å². The molecule has 0 aliphatic heterocycles. The van der Waals surface area contributed by atoms with Gasteiger partial charge in [0.2, 0.25) is 5.82 Å². The predicted octanol–water partition coefficient (Wildman–Crippen LogP) is 3.19. The van der Waals surface area contributed by atoms with Gasteiger partial charge in [-0.1, -0.05) is 22.8 Å². The molecule has 4 N–H and O–H groups in total. The van der Waals surface area contributed by atoms with Crippen molar-refractivity contribution in [2.45, 2.75) is 39.5 Å². The number of hydrogen-bond donors (Lipinski definition) is 4. The third-order valence-corrected chi connectivity index (χ3v) is 6.47. The number of H-pyrrole nitrogens is 1. The highest BCUT2D eigenvalue weighted by Crippen LogP contribution is 2.34. The molecule has 4 aromatic heterocycles. The number of aromatic amines is 1. The van der Waals surface area contributed by atoms with Crippen LogP contribution in [0.25, 0.3) is 33.8 Å². The summed E-state index contributed by atoms with van der Waals surface area (Å²) in [6.45, 7) is 5.17. The molecule has 12 nitrogen and oxygen atoms in total. The summed E-state index contributed by atoms with van der Waals surface area (Å²) < 4.78 is 12.5. The van der Waals surface area contributed by atoms with E-state index in [2.05, 4.69) is 30.1 Å². The van der Waals surface area contributed by atoms with Crippen LogP contribution in [0.2, 0.25) is 5.15 Å². The second kappa shape index (κ2) is 10.5. The molecule has 0 spiro atoms. The van der Waals surface area contributed by atoms with Crippen molar-refractivity contribution in [1.82, 2.24) is 24.9 Å². The summed E-state index contributed by atoms with van der Waals surface area (Å²) in [7, 11) is 0. The van der Waals surface area contributed by atoms with E-state index in [1.165, 1.54) is 4.68 Å². The van der Waals surface area contributed by atoms with Gasteiger partial charge in [0.05, 0.1) is 48.1 Å². The van der Waals surface area contributed by atoms with Gasteiger partial charge in [-0.3, -0.25) is 19.0 Å². The zero-order chi connectivity index (χ0) is 27.8. The van der Waals surface area contributed by atoms with Crippen molar-refractivity contribution in [3.05, 3.63) is 79.3 Å². The van der Waals surface area contributed by atoms with Crippen LogP contribution in [0.1, 0.15) is 29.7 Å². The molecule has 5 rings (SSSR count). The molecule has 0 amide bonds. The molecule has 0 saturated heterocycles. The lowest BCUT2D eigenvalue weighted by molar-refractivity contribution is 0.0783. The van der Waals surface area contributed by atoms with E-state index in [-0.39, 0.29) is 28.6 Å². The maximum atomic E-state index is 13.5. The molecular formula is C26H25ClN6O6. The Labute approximate surface area is 225 Å². The maximum absolute atomic E-state index is 13.5. The van der Waals surface area contributed by atoms with Gasteiger partial charge < -0.3 is 19.9 Å². The Morgan fingerprint density at radius 2 is 2.03 bits per heavy atom. The highest BCUT2D eigenvalue weighted by atomic mass is 35.5. The summed E-state index contributed by atoms with van der Waals surface area (Å²) in [5, 5.41) is 30.8. The van der Waals surface area contributed by atoms with Crippen LogP contribution >= 0.6 is 11.6 Å². The molecule has 0 fully saturated rings. The first kappa shape index (κ1) is 26.4. The van der Waals surface area contributed by atoms with Crippen molar-refractivity contribution >= 4 is 28.3 Å². The Morgan fingerprint density at radius 1 is 1.23 bits per heavy atom. The van der Waals surface area contributed by atoms with E-state index in [1.807, 2.05) is 19.9 Å². The summed E-state index contributed by atoms with van der Waals surface area (Å²) in [4.78, 5) is 31.8. The minimum absolute atomic E-state index is 0.0903. The van der Waals surface area contributed by atoms with Crippen molar-refractivity contribution in [2.75, 3.05) is 11.9 Å². The number of benzene rings is 1. The average molecular weight is 553 g/mol. The molecule has 0 saturated carbocycles. The largest absolute Gasteiger partial charge is 0.455 e. The fourth-order valence-corrected chi connectivity index (χ4v) is 4.54. The standard InChI is InChI=1S/C26H25ClN6O6/c1-12-6-17(14(3)29-19-4-5-20(27)30-21(19)25-31-26(37)39-32-25)24-18(7-12)22(36)13(2)23(38-24)15-8-28-33(9-15)10-16(35)11-34/h4-9,14,16,29,34-35H,10-11H2,1-3H3,(H,31,32,37). The van der Waals surface area contributed by atoms with Gasteiger partial charge in [0, 0.05) is 17.3 Å². The van der Waals surface area contributed by atoms with E-state index in [1.54, 1.807) is 37.5 Å². The van der Waals surface area contributed by atoms with Gasteiger partial charge in [-0.15, -0.1) is 0 Å². The molecule has 2 unspecified atom stereocenters. The van der Waals surface area contributed by atoms with E-state index >= 15 is 0 Å². The molecule has 2 atom stereocenters. The SMILES string of the molecule is Cc1cc(C(C)Nc2ccc(Cl)nc2-c2noc(=O)[nH]2)c2oc(-c3cnn(CC(O)CO)c3)c(C)c(=O)c2c1. The fraction of sp³-hybridized carbons (Fsp3) is 0.269. The average Bonchev–Trinajstić information content (AvgIpc) is 3.55. The van der Waals surface area contributed by atoms with E-state index < -0.39 is 24.5 Å². The maximum Gasteiger partial charge on any atom is 0.439 e. The number of aliphatic hydroxyl groups excluding tert-OH is 2. The van der Waals surface area contributed by atoms with Gasteiger partial charge in [-0.2, -0.15) is 5.10 Å². The zero-order valence-electron chi connectivity index (χ0n) is 21.2. The van der Waals surface area contributed by atoms with Crippen LogP contribution in [-0.2, 0) is 6.54 Å². The monoisotopic (exact) mass is 552 g/mol. The molecule has 202 valence electrons. The number of anilines is 1. The predicted molar refractivity (Wildman–Crippen MR) is 144 cm³/mol. The van der Waals surface area contributed by atoms with Crippen LogP contribution in [0.15, 0.2) is 55.2 Å². The van der Waals surface area contributed by atoms with Crippen LogP contribution in [0, 0.1) is 13.8 Å². The molecule has 5 aromatic rings. The van der Waals surface area contributed by atoms with Crippen LogP contribution in [0.4, 0.5) is 5.69 Å². The third kappa shape index (κ3) is 5.21. The van der Waals surface area contributed by atoms with Gasteiger partial charge in [-0.25, -0.2) is 9.78 Å². The molecule has 0 radical (unpaired) electrons. The molecule has 39 heavy (non-hydrogen) atoms. The van der Waals surface area contributed by atoms with Gasteiger partial charge in [-0.05, 0) is 44.5 Å². The first-order valence-electron chi connectivity index (χ1n) is 12.0. The quantitative estimate of drug-likeness (QED) is 0.209. The van der Waals surface area contributed by atoms with E-state index in [9.17, 15) is 14.7 Å². The Balaban J connectivity index is 1.59. The molecule has 0 bridgehead atoms. The van der Waals surface area contributed by atoms with Gasteiger partial charge in [0.15, 0.2) is 5.43 Å². The Bertz CT molecular complexity index is 1790. The fourth-order valence-electron chi connectivity index (χ4n) is 4.39. The molecule has 4 heterocycles. The number of aryl methyl sites for hydroxylation is 1. The third-order valence-electron chi connectivity index (χ3n) is 6.26. The summed E-state index contributed by atoms with van der Waals surface area (Å²) in [5.41, 5.74) is 3.57. The van der Waals surface area contributed by atoms with Gasteiger partial charge in [0.25, 0.3) is 0 Å². The zero-order valence-corrected chi connectivity index (χ0v) is 22.0. The lowest BCUT2D eigenvalue weighted by atomic mass is 9.99. The van der Waals surface area contributed by atoms with Crippen LogP contribution < -0.4 is 16.5 Å². The number of rotatable bonds is 8. The van der Waals surface area contributed by atoms with Gasteiger partial charge in [0.1, 0.15) is 22.2 Å². The molecular weight excluding hydrogens is 528 g/mol. The lowest BCUT2D eigenvalue weighted by Gasteiger charge is -2.19. The van der Waals surface area contributed by atoms with Crippen molar-refractivity contribution in [1.29, 1.82) is 0 Å². The Morgan fingerprint density at radius 3 is 2.74 bits per heavy atom. The lowest BCUT2D eigenvalue weighted by Crippen LogP contribution is -2.19. The first-order chi connectivity index (χ1) is 18.6. The number of nitrogens with one attached hydrogen (secondary N) is 2. The number of pyridine rings is 1. The smallest absolute Gasteiger partial charge is 0.439 e. The normalized spacial score (nSPS) is 13.1. The van der Waals surface area contributed by atoms with Crippen LogP contribution in [0.5, 0.6) is 0 Å². The van der Waals surface area contributed by atoms with Gasteiger partial charge >= 0.3 is 5.76 Å². The van der Waals surface area contributed by atoms with Crippen molar-refractivity contribution in [3.8, 4) is 22.8 Å². The highest BCUT2D eigenvalue weighted by Gasteiger charge is 2.22. The Hall–Kier alpha value is -4.26. The van der Waals surface area contributed by atoms with Crippen LogP contribution in [-0.4, -0.2) is 47.8 Å². The number of aliphatic hydroxyl groups is 2. The topological polar surface area (TPSA) is 172 Å². The summed E-state index contributed by atoms with van der Waals surface area (Å²) in [5.74, 6) is -0.267. The number of fused-ring (bicyclic) bond motifs is 1. The molecule has 0 aliphatic carbocycles. The minimum atomic E-state index is -0.966. The summed E-state index contributed by atoms with van der Waals surface area (Å²) in [6.07, 6.45) is 2.23. The first-order valence-corrected chi connectivity index (χ1v) is 12.4. The van der Waals surface area contributed by atoms with E-state index in [0.717, 1.165) is 5.56 Å². The summed E-state index contributed by atoms with van der Waals surface area (Å²) >= 11 is 6.10. The number of halogens is 1. The summed E-state index contributed by atoms with van der Waals surface area (Å²) in [6, 6.07) is 6.61. The van der Waals surface area contributed by atoms with Crippen molar-refractivity contribution in [3.63, 3.8) is 0 Å². The van der Waals surface area contributed by atoms with Crippen LogP contribution in [0.3, 0.4) is 0 Å².